The number of benzene rings is 2. The van der Waals surface area contributed by atoms with Gasteiger partial charge in [-0.15, -0.1) is 0 Å². The minimum Gasteiger partial charge on any atom is -0.378 e. The van der Waals surface area contributed by atoms with Gasteiger partial charge < -0.3 is 9.64 Å². The summed E-state index contributed by atoms with van der Waals surface area (Å²) in [5.41, 5.74) is 6.50. The van der Waals surface area contributed by atoms with Crippen molar-refractivity contribution in [2.75, 3.05) is 36.6 Å². The predicted octanol–water partition coefficient (Wildman–Crippen LogP) is 5.32. The van der Waals surface area contributed by atoms with Crippen molar-refractivity contribution in [1.82, 2.24) is 0 Å². The maximum Gasteiger partial charge on any atom is 0.0935 e. The van der Waals surface area contributed by atoms with Crippen molar-refractivity contribution in [3.8, 4) is 0 Å². The summed E-state index contributed by atoms with van der Waals surface area (Å²) in [6.07, 6.45) is 0. The lowest BCUT2D eigenvalue weighted by atomic mass is 10.1. The van der Waals surface area contributed by atoms with Gasteiger partial charge >= 0.3 is 0 Å². The first-order valence-corrected chi connectivity index (χ1v) is 9.06. The minimum absolute atomic E-state index is 0.428. The van der Waals surface area contributed by atoms with Crippen LogP contribution in [0.4, 0.5) is 11.4 Å². The van der Waals surface area contributed by atoms with Crippen LogP contribution in [0.3, 0.4) is 0 Å². The highest BCUT2D eigenvalue weighted by molar-refractivity contribution is 6.41. The molecule has 0 bridgehead atoms. The van der Waals surface area contributed by atoms with Crippen LogP contribution in [0.25, 0.3) is 0 Å². The molecule has 1 fully saturated rings. The Kier molecular flexibility index (Phi) is 6.07. The first-order valence-electron chi connectivity index (χ1n) is 7.92. The lowest BCUT2D eigenvalue weighted by Crippen LogP contribution is -2.36. The van der Waals surface area contributed by atoms with Crippen LogP contribution in [-0.2, 0) is 4.74 Å². The van der Waals surface area contributed by atoms with Gasteiger partial charge in [-0.3, -0.25) is 5.43 Å². The Hall–Kier alpha value is -1.46. The van der Waals surface area contributed by atoms with E-state index in [9.17, 15) is 0 Å². The summed E-state index contributed by atoms with van der Waals surface area (Å²) in [6.45, 7) is 5.31. The number of nitrogens with zero attached hydrogens (tertiary/aromatic N) is 2. The molecule has 25 heavy (non-hydrogen) atoms. The average molecular weight is 399 g/mol. The van der Waals surface area contributed by atoms with Gasteiger partial charge in [0.15, 0.2) is 0 Å². The minimum atomic E-state index is 0.428. The number of rotatable bonds is 4. The maximum atomic E-state index is 6.15. The number of hydrogen-bond acceptors (Lipinski definition) is 4. The van der Waals surface area contributed by atoms with E-state index in [2.05, 4.69) is 39.7 Å². The van der Waals surface area contributed by atoms with Crippen LogP contribution in [0, 0.1) is 0 Å². The summed E-state index contributed by atoms with van der Waals surface area (Å²) in [5, 5.41) is 5.72. The molecule has 0 aromatic heterocycles. The third-order valence-electron chi connectivity index (χ3n) is 4.00. The SMILES string of the molecule is C/C(=N/Nc1c(Cl)cc(Cl)cc1Cl)c1ccc(N2CCOCC2)cc1. The van der Waals surface area contributed by atoms with Crippen molar-refractivity contribution in [2.24, 2.45) is 5.10 Å². The lowest BCUT2D eigenvalue weighted by molar-refractivity contribution is 0.122. The number of halogens is 3. The molecular formula is C18H18Cl3N3O. The summed E-state index contributed by atoms with van der Waals surface area (Å²) < 4.78 is 5.38. The van der Waals surface area contributed by atoms with Gasteiger partial charge in [0.25, 0.3) is 0 Å². The summed E-state index contributed by atoms with van der Waals surface area (Å²) in [7, 11) is 0. The zero-order chi connectivity index (χ0) is 17.8. The fourth-order valence-corrected chi connectivity index (χ4v) is 3.49. The van der Waals surface area contributed by atoms with Crippen molar-refractivity contribution in [3.05, 3.63) is 57.0 Å². The lowest BCUT2D eigenvalue weighted by Gasteiger charge is -2.28. The second kappa shape index (κ2) is 8.28. The monoisotopic (exact) mass is 397 g/mol. The van der Waals surface area contributed by atoms with Gasteiger partial charge in [-0.25, -0.2) is 0 Å². The van der Waals surface area contributed by atoms with Gasteiger partial charge in [-0.05, 0) is 36.8 Å². The van der Waals surface area contributed by atoms with Gasteiger partial charge in [0.1, 0.15) is 0 Å². The smallest absolute Gasteiger partial charge is 0.0935 e. The molecule has 0 spiro atoms. The quantitative estimate of drug-likeness (QED) is 0.559. The first-order chi connectivity index (χ1) is 12.0. The fourth-order valence-electron chi connectivity index (χ4n) is 2.59. The molecule has 0 unspecified atom stereocenters. The number of nitrogens with one attached hydrogen (secondary N) is 1. The highest BCUT2D eigenvalue weighted by atomic mass is 35.5. The van der Waals surface area contributed by atoms with Gasteiger partial charge in [-0.1, -0.05) is 46.9 Å². The largest absolute Gasteiger partial charge is 0.378 e. The molecule has 1 aliphatic rings. The molecule has 1 aliphatic heterocycles. The summed E-state index contributed by atoms with van der Waals surface area (Å²) in [5.74, 6) is 0. The van der Waals surface area contributed by atoms with Crippen LogP contribution >= 0.6 is 34.8 Å². The van der Waals surface area contributed by atoms with Crippen LogP contribution in [0.15, 0.2) is 41.5 Å². The Morgan fingerprint density at radius 1 is 1.04 bits per heavy atom. The Morgan fingerprint density at radius 2 is 1.64 bits per heavy atom. The standard InChI is InChI=1S/C18H18Cl3N3O/c1-12(22-23-18-16(20)10-14(19)11-17(18)21)13-2-4-15(5-3-13)24-6-8-25-9-7-24/h2-5,10-11,23H,6-9H2,1H3/b22-12-. The Balaban J connectivity index is 1.72. The molecule has 2 aromatic carbocycles. The molecule has 0 atom stereocenters. The third kappa shape index (κ3) is 4.59. The average Bonchev–Trinajstić information content (AvgIpc) is 2.61. The summed E-state index contributed by atoms with van der Waals surface area (Å²) in [6, 6.07) is 11.6. The van der Waals surface area contributed by atoms with Crippen LogP contribution in [-0.4, -0.2) is 32.0 Å². The normalized spacial score (nSPS) is 15.4. The molecule has 2 aromatic rings. The third-order valence-corrected chi connectivity index (χ3v) is 4.82. The summed E-state index contributed by atoms with van der Waals surface area (Å²) >= 11 is 18.2. The van der Waals surface area contributed by atoms with Crippen LogP contribution in [0.5, 0.6) is 0 Å². The fraction of sp³-hybridized carbons (Fsp3) is 0.278. The van der Waals surface area contributed by atoms with Crippen molar-refractivity contribution in [2.45, 2.75) is 6.92 Å². The molecule has 1 heterocycles. The molecule has 4 nitrogen and oxygen atoms in total. The van der Waals surface area contributed by atoms with Crippen molar-refractivity contribution < 1.29 is 4.74 Å². The van der Waals surface area contributed by atoms with Gasteiger partial charge in [-0.2, -0.15) is 5.10 Å². The number of hydrogen-bond donors (Lipinski definition) is 1. The van der Waals surface area contributed by atoms with E-state index in [0.29, 0.717) is 20.8 Å². The van der Waals surface area contributed by atoms with E-state index < -0.39 is 0 Å². The number of ether oxygens (including phenoxy) is 1. The van der Waals surface area contributed by atoms with E-state index in [0.717, 1.165) is 37.6 Å². The molecule has 0 amide bonds. The highest BCUT2D eigenvalue weighted by Gasteiger charge is 2.11. The molecule has 132 valence electrons. The van der Waals surface area contributed by atoms with E-state index in [1.807, 2.05) is 6.92 Å². The molecule has 1 saturated heterocycles. The molecule has 1 N–H and O–H groups in total. The topological polar surface area (TPSA) is 36.9 Å². The van der Waals surface area contributed by atoms with Crippen molar-refractivity contribution in [3.63, 3.8) is 0 Å². The van der Waals surface area contributed by atoms with Crippen LogP contribution in [0.2, 0.25) is 15.1 Å². The Labute approximate surface area is 162 Å². The molecule has 3 rings (SSSR count). The van der Waals surface area contributed by atoms with Gasteiger partial charge in [0.2, 0.25) is 0 Å². The maximum absolute atomic E-state index is 6.15. The molecule has 7 heteroatoms. The van der Waals surface area contributed by atoms with E-state index in [-0.39, 0.29) is 0 Å². The number of morpholine rings is 1. The van der Waals surface area contributed by atoms with E-state index in [1.54, 1.807) is 12.1 Å². The molecule has 0 radical (unpaired) electrons. The van der Waals surface area contributed by atoms with Crippen LogP contribution < -0.4 is 10.3 Å². The first kappa shape index (κ1) is 18.3. The van der Waals surface area contributed by atoms with E-state index in [4.69, 9.17) is 39.5 Å². The van der Waals surface area contributed by atoms with Crippen molar-refractivity contribution in [1.29, 1.82) is 0 Å². The second-order valence-corrected chi connectivity index (χ2v) is 6.95. The van der Waals surface area contributed by atoms with Crippen molar-refractivity contribution >= 4 is 51.9 Å². The summed E-state index contributed by atoms with van der Waals surface area (Å²) in [4.78, 5) is 2.31. The highest BCUT2D eigenvalue weighted by Crippen LogP contribution is 2.33. The molecule has 0 saturated carbocycles. The van der Waals surface area contributed by atoms with E-state index >= 15 is 0 Å². The Bertz CT molecular complexity index is 749. The zero-order valence-electron chi connectivity index (χ0n) is 13.7. The van der Waals surface area contributed by atoms with Gasteiger partial charge in [0, 0.05) is 23.8 Å². The number of anilines is 2. The molecule has 0 aliphatic carbocycles. The predicted molar refractivity (Wildman–Crippen MR) is 107 cm³/mol. The van der Waals surface area contributed by atoms with Crippen LogP contribution in [0.1, 0.15) is 12.5 Å². The van der Waals surface area contributed by atoms with Gasteiger partial charge in [0.05, 0.1) is 34.7 Å². The molecular weight excluding hydrogens is 381 g/mol. The number of hydrazone groups is 1. The van der Waals surface area contributed by atoms with E-state index in [1.165, 1.54) is 5.69 Å². The zero-order valence-corrected chi connectivity index (χ0v) is 16.0. The Morgan fingerprint density at radius 3 is 2.24 bits per heavy atom. The second-order valence-electron chi connectivity index (χ2n) is 5.70.